The zero-order chi connectivity index (χ0) is 20.2. The molecule has 0 aromatic heterocycles. The fraction of sp³-hybridized carbons (Fsp3) is 0.696. The Kier molecular flexibility index (Phi) is 6.73. The van der Waals surface area contributed by atoms with Gasteiger partial charge in [0.2, 0.25) is 0 Å². The van der Waals surface area contributed by atoms with E-state index >= 15 is 0 Å². The lowest BCUT2D eigenvalue weighted by atomic mass is 9.89. The van der Waals surface area contributed by atoms with Gasteiger partial charge in [-0.25, -0.2) is 4.79 Å². The maximum atomic E-state index is 12.3. The van der Waals surface area contributed by atoms with Gasteiger partial charge in [0.25, 0.3) is 0 Å². The Balaban J connectivity index is 1.24. The molecule has 4 rings (SSSR count). The molecule has 1 aromatic carbocycles. The van der Waals surface area contributed by atoms with E-state index < -0.39 is 6.09 Å². The van der Waals surface area contributed by atoms with Crippen molar-refractivity contribution >= 4 is 11.8 Å². The second kappa shape index (κ2) is 9.45. The first kappa shape index (κ1) is 20.6. The molecule has 1 aromatic rings. The molecule has 2 heterocycles. The molecule has 3 fully saturated rings. The molecule has 0 unspecified atom stereocenters. The van der Waals surface area contributed by atoms with E-state index in [9.17, 15) is 4.79 Å². The number of rotatable bonds is 6. The smallest absolute Gasteiger partial charge is 0.412 e. The fourth-order valence-electron chi connectivity index (χ4n) is 4.69. The van der Waals surface area contributed by atoms with Crippen molar-refractivity contribution in [2.45, 2.75) is 76.2 Å². The topological polar surface area (TPSA) is 68.8 Å². The molecule has 2 saturated heterocycles. The van der Waals surface area contributed by atoms with Crippen LogP contribution in [-0.2, 0) is 14.2 Å². The summed E-state index contributed by atoms with van der Waals surface area (Å²) in [5, 5.41) is 6.45. The minimum absolute atomic E-state index is 0.0401. The van der Waals surface area contributed by atoms with Crippen LogP contribution in [0.25, 0.3) is 0 Å². The van der Waals surface area contributed by atoms with Crippen LogP contribution in [0.15, 0.2) is 24.3 Å². The molecule has 3 aliphatic rings. The highest BCUT2D eigenvalue weighted by molar-refractivity contribution is 5.84. The van der Waals surface area contributed by atoms with E-state index in [1.807, 2.05) is 24.3 Å². The van der Waals surface area contributed by atoms with Gasteiger partial charge in [-0.15, -0.1) is 0 Å². The van der Waals surface area contributed by atoms with Crippen molar-refractivity contribution in [3.05, 3.63) is 29.8 Å². The Morgan fingerprint density at radius 1 is 1.07 bits per heavy atom. The predicted octanol–water partition coefficient (Wildman–Crippen LogP) is 4.06. The second-order valence-electron chi connectivity index (χ2n) is 8.96. The zero-order valence-corrected chi connectivity index (χ0v) is 17.6. The summed E-state index contributed by atoms with van der Waals surface area (Å²) in [6.45, 7) is 6.31. The van der Waals surface area contributed by atoms with E-state index in [1.54, 1.807) is 0 Å². The van der Waals surface area contributed by atoms with Crippen molar-refractivity contribution in [2.24, 2.45) is 5.92 Å². The summed E-state index contributed by atoms with van der Waals surface area (Å²) in [4.78, 5) is 12.3. The number of amides is 1. The van der Waals surface area contributed by atoms with Crippen LogP contribution >= 0.6 is 0 Å². The lowest BCUT2D eigenvalue weighted by Crippen LogP contribution is -2.43. The second-order valence-corrected chi connectivity index (χ2v) is 8.96. The first-order valence-electron chi connectivity index (χ1n) is 11.1. The van der Waals surface area contributed by atoms with Gasteiger partial charge >= 0.3 is 6.09 Å². The van der Waals surface area contributed by atoms with Crippen LogP contribution in [-0.4, -0.2) is 50.2 Å². The van der Waals surface area contributed by atoms with Crippen molar-refractivity contribution in [3.8, 4) is 0 Å². The van der Waals surface area contributed by atoms with Crippen LogP contribution in [0.1, 0.15) is 57.4 Å². The molecule has 0 spiro atoms. The SMILES string of the molecule is CC(C)c1ccc(NC(=O)O[C@@H]2CO[C@H]3[C@@H]2OC[C@@H]3NCC2CCCCC2)cc1. The highest BCUT2D eigenvalue weighted by atomic mass is 16.6. The van der Waals surface area contributed by atoms with Crippen LogP contribution in [0.4, 0.5) is 10.5 Å². The third-order valence-electron chi connectivity index (χ3n) is 6.48. The normalized spacial score (nSPS) is 29.8. The first-order valence-corrected chi connectivity index (χ1v) is 11.1. The van der Waals surface area contributed by atoms with Gasteiger partial charge in [-0.05, 0) is 48.9 Å². The van der Waals surface area contributed by atoms with Crippen LogP contribution in [0, 0.1) is 5.92 Å². The van der Waals surface area contributed by atoms with E-state index in [0.29, 0.717) is 19.1 Å². The fourth-order valence-corrected chi connectivity index (χ4v) is 4.69. The molecule has 1 amide bonds. The van der Waals surface area contributed by atoms with E-state index in [0.717, 1.165) is 18.2 Å². The maximum Gasteiger partial charge on any atom is 0.412 e. The number of carbonyl (C=O) groups excluding carboxylic acids is 1. The minimum Gasteiger partial charge on any atom is -0.441 e. The summed E-state index contributed by atoms with van der Waals surface area (Å²) in [5.74, 6) is 1.23. The largest absolute Gasteiger partial charge is 0.441 e. The maximum absolute atomic E-state index is 12.3. The predicted molar refractivity (Wildman–Crippen MR) is 112 cm³/mol. The summed E-state index contributed by atoms with van der Waals surface area (Å²) >= 11 is 0. The summed E-state index contributed by atoms with van der Waals surface area (Å²) in [5.41, 5.74) is 1.97. The van der Waals surface area contributed by atoms with Gasteiger partial charge in [0.15, 0.2) is 6.10 Å². The molecule has 0 bridgehead atoms. The van der Waals surface area contributed by atoms with Crippen molar-refractivity contribution in [3.63, 3.8) is 0 Å². The lowest BCUT2D eigenvalue weighted by molar-refractivity contribution is 0.00850. The quantitative estimate of drug-likeness (QED) is 0.751. The molecule has 0 radical (unpaired) electrons. The lowest BCUT2D eigenvalue weighted by Gasteiger charge is -2.25. The van der Waals surface area contributed by atoms with E-state index in [2.05, 4.69) is 24.5 Å². The molecule has 1 saturated carbocycles. The number of hydrogen-bond acceptors (Lipinski definition) is 5. The van der Waals surface area contributed by atoms with Crippen LogP contribution < -0.4 is 10.6 Å². The Labute approximate surface area is 173 Å². The van der Waals surface area contributed by atoms with Gasteiger partial charge in [0.05, 0.1) is 19.3 Å². The highest BCUT2D eigenvalue weighted by Crippen LogP contribution is 2.30. The molecular formula is C23H34N2O4. The van der Waals surface area contributed by atoms with Gasteiger partial charge in [-0.3, -0.25) is 5.32 Å². The third-order valence-corrected chi connectivity index (χ3v) is 6.48. The number of nitrogens with one attached hydrogen (secondary N) is 2. The zero-order valence-electron chi connectivity index (χ0n) is 17.6. The summed E-state index contributed by atoms with van der Waals surface area (Å²) < 4.78 is 17.5. The monoisotopic (exact) mass is 402 g/mol. The minimum atomic E-state index is -0.459. The van der Waals surface area contributed by atoms with Crippen LogP contribution in [0.3, 0.4) is 0 Å². The number of benzene rings is 1. The molecule has 160 valence electrons. The Morgan fingerprint density at radius 3 is 2.52 bits per heavy atom. The van der Waals surface area contributed by atoms with Gasteiger partial charge in [-0.1, -0.05) is 45.2 Å². The van der Waals surface area contributed by atoms with Crippen molar-refractivity contribution in [1.29, 1.82) is 0 Å². The summed E-state index contributed by atoms with van der Waals surface area (Å²) in [6, 6.07) is 8.04. The van der Waals surface area contributed by atoms with E-state index in [-0.39, 0.29) is 24.4 Å². The number of fused-ring (bicyclic) bond motifs is 1. The van der Waals surface area contributed by atoms with E-state index in [1.165, 1.54) is 37.7 Å². The van der Waals surface area contributed by atoms with Gasteiger partial charge < -0.3 is 19.5 Å². The number of ether oxygens (including phenoxy) is 3. The van der Waals surface area contributed by atoms with Crippen molar-refractivity contribution < 1.29 is 19.0 Å². The molecule has 1 aliphatic carbocycles. The highest BCUT2D eigenvalue weighted by Gasteiger charge is 2.49. The molecule has 29 heavy (non-hydrogen) atoms. The number of anilines is 1. The van der Waals surface area contributed by atoms with Gasteiger partial charge in [-0.2, -0.15) is 0 Å². The Hall–Kier alpha value is -1.63. The van der Waals surface area contributed by atoms with Crippen LogP contribution in [0.2, 0.25) is 0 Å². The average Bonchev–Trinajstić information content (AvgIpc) is 3.30. The molecular weight excluding hydrogens is 368 g/mol. The number of hydrogen-bond donors (Lipinski definition) is 2. The van der Waals surface area contributed by atoms with Crippen molar-refractivity contribution in [2.75, 3.05) is 25.1 Å². The summed E-state index contributed by atoms with van der Waals surface area (Å²) in [6.07, 6.45) is 5.66. The molecule has 4 atom stereocenters. The van der Waals surface area contributed by atoms with Gasteiger partial charge in [0.1, 0.15) is 12.2 Å². The van der Waals surface area contributed by atoms with Gasteiger partial charge in [0, 0.05) is 5.69 Å². The standard InChI is InChI=1S/C23H34N2O4/c1-15(2)17-8-10-18(11-9-17)25-23(26)29-20-14-28-21-19(13-27-22(20)21)24-12-16-6-4-3-5-7-16/h8-11,15-16,19-22,24H,3-7,12-14H2,1-2H3,(H,25,26)/t19-,20+,21+,22+/m0/s1. The third kappa shape index (κ3) is 5.11. The van der Waals surface area contributed by atoms with Crippen LogP contribution in [0.5, 0.6) is 0 Å². The molecule has 2 N–H and O–H groups in total. The number of carbonyl (C=O) groups is 1. The van der Waals surface area contributed by atoms with Crippen molar-refractivity contribution in [1.82, 2.24) is 5.32 Å². The molecule has 2 aliphatic heterocycles. The molecule has 6 heteroatoms. The molecule has 6 nitrogen and oxygen atoms in total. The Morgan fingerprint density at radius 2 is 1.79 bits per heavy atom. The Bertz CT molecular complexity index is 672. The first-order chi connectivity index (χ1) is 14.1. The average molecular weight is 403 g/mol. The summed E-state index contributed by atoms with van der Waals surface area (Å²) in [7, 11) is 0. The van der Waals surface area contributed by atoms with E-state index in [4.69, 9.17) is 14.2 Å².